The van der Waals surface area contributed by atoms with E-state index in [1.54, 1.807) is 45.0 Å². The highest BCUT2D eigenvalue weighted by Crippen LogP contribution is 2.28. The van der Waals surface area contributed by atoms with Crippen molar-refractivity contribution < 1.29 is 19.1 Å². The van der Waals surface area contributed by atoms with Crippen molar-refractivity contribution in [1.82, 2.24) is 20.4 Å². The minimum Gasteiger partial charge on any atom is -0.443 e. The molecule has 0 aliphatic carbocycles. The van der Waals surface area contributed by atoms with Gasteiger partial charge in [-0.15, -0.1) is 4.80 Å². The third kappa shape index (κ3) is 5.43. The van der Waals surface area contributed by atoms with Crippen LogP contribution >= 0.6 is 0 Å². The number of carbonyl (C=O) groups is 3. The smallest absolute Gasteiger partial charge is 0.426 e. The Morgan fingerprint density at radius 1 is 1.00 bits per heavy atom. The van der Waals surface area contributed by atoms with Crippen LogP contribution in [0.25, 0.3) is 0 Å². The Balaban J connectivity index is 1.68. The lowest BCUT2D eigenvalue weighted by molar-refractivity contribution is -0.129. The number of rotatable bonds is 5. The second-order valence-corrected chi connectivity index (χ2v) is 9.03. The lowest BCUT2D eigenvalue weighted by atomic mass is 9.87. The first-order valence-electron chi connectivity index (χ1n) is 11.1. The van der Waals surface area contributed by atoms with Gasteiger partial charge in [-0.2, -0.15) is 10.2 Å². The molecule has 2 heterocycles. The summed E-state index contributed by atoms with van der Waals surface area (Å²) in [5, 5.41) is 9.42. The number of anilines is 1. The average molecular weight is 475 g/mol. The number of fused-ring (bicyclic) bond motifs is 1. The van der Waals surface area contributed by atoms with Crippen LogP contribution in [0.15, 0.2) is 72.0 Å². The van der Waals surface area contributed by atoms with E-state index >= 15 is 0 Å². The summed E-state index contributed by atoms with van der Waals surface area (Å²) < 4.78 is 5.33. The van der Waals surface area contributed by atoms with E-state index in [1.165, 1.54) is 17.2 Å². The van der Waals surface area contributed by atoms with E-state index in [-0.39, 0.29) is 24.6 Å². The molecule has 0 saturated heterocycles. The van der Waals surface area contributed by atoms with Crippen molar-refractivity contribution in [3.8, 4) is 0 Å². The van der Waals surface area contributed by atoms with Gasteiger partial charge in [0.25, 0.3) is 5.91 Å². The molecule has 1 aliphatic heterocycles. The van der Waals surface area contributed by atoms with Crippen LogP contribution < -0.4 is 10.4 Å². The molecule has 0 radical (unpaired) electrons. The largest absolute Gasteiger partial charge is 0.443 e. The number of para-hydroxylation sites is 1. The number of nitrogens with zero attached hydrogens (tertiary/aromatic N) is 5. The monoisotopic (exact) mass is 474 g/mol. The first-order valence-corrected chi connectivity index (χ1v) is 11.1. The first-order chi connectivity index (χ1) is 16.7. The molecule has 0 spiro atoms. The Morgan fingerprint density at radius 3 is 2.34 bits per heavy atom. The number of ether oxygens (including phenoxy) is 1. The number of nitrogens with one attached hydrogen (secondary N) is 1. The summed E-state index contributed by atoms with van der Waals surface area (Å²) in [4.78, 5) is 45.1. The highest BCUT2D eigenvalue weighted by Gasteiger charge is 2.37. The first kappa shape index (κ1) is 23.8. The fourth-order valence-corrected chi connectivity index (χ4v) is 3.46. The van der Waals surface area contributed by atoms with Crippen LogP contribution in [0.4, 0.5) is 10.5 Å². The van der Waals surface area contributed by atoms with Crippen molar-refractivity contribution in [1.29, 1.82) is 0 Å². The Kier molecular flexibility index (Phi) is 6.72. The van der Waals surface area contributed by atoms with Gasteiger partial charge >= 0.3 is 6.09 Å². The van der Waals surface area contributed by atoms with Gasteiger partial charge in [0.1, 0.15) is 18.4 Å². The predicted molar refractivity (Wildman–Crippen MR) is 129 cm³/mol. The number of carbonyl (C=O) groups excluding carboxylic acids is 3. The highest BCUT2D eigenvalue weighted by molar-refractivity contribution is 6.13. The van der Waals surface area contributed by atoms with Crippen molar-refractivity contribution >= 4 is 29.3 Å². The summed E-state index contributed by atoms with van der Waals surface area (Å²) in [6.07, 6.45) is 2.01. The SMILES string of the molecule is CC(C)(C)C(=O)CC1N=C(n2nccn2)c2ccccc2N(NC(=O)OCc2ccccc2)C1=O. The molecule has 1 N–H and O–H groups in total. The van der Waals surface area contributed by atoms with Crippen molar-refractivity contribution in [2.75, 3.05) is 5.01 Å². The number of Topliss-reactive ketones (excluding diaryl/α,β-unsaturated/α-hetero) is 1. The van der Waals surface area contributed by atoms with E-state index in [4.69, 9.17) is 4.74 Å². The normalized spacial score (nSPS) is 15.6. The number of benzene rings is 2. The van der Waals surface area contributed by atoms with Crippen LogP contribution in [0.2, 0.25) is 0 Å². The van der Waals surface area contributed by atoms with Crippen LogP contribution in [0, 0.1) is 5.41 Å². The number of hydrazine groups is 1. The molecule has 1 unspecified atom stereocenters. The molecule has 1 atom stereocenters. The van der Waals surface area contributed by atoms with Crippen molar-refractivity contribution in [2.24, 2.45) is 10.4 Å². The molecule has 1 aliphatic rings. The molecule has 0 bridgehead atoms. The highest BCUT2D eigenvalue weighted by atomic mass is 16.6. The van der Waals surface area contributed by atoms with Gasteiger partial charge in [0, 0.05) is 17.4 Å². The molecular formula is C25H26N6O4. The van der Waals surface area contributed by atoms with Gasteiger partial charge in [-0.25, -0.2) is 15.2 Å². The Bertz CT molecular complexity index is 1250. The van der Waals surface area contributed by atoms with Gasteiger partial charge in [-0.1, -0.05) is 63.2 Å². The minimum absolute atomic E-state index is 0.0290. The van der Waals surface area contributed by atoms with Crippen molar-refractivity contribution in [3.63, 3.8) is 0 Å². The Labute approximate surface area is 202 Å². The maximum Gasteiger partial charge on any atom is 0.426 e. The number of hydrogen-bond acceptors (Lipinski definition) is 7. The van der Waals surface area contributed by atoms with E-state index in [0.717, 1.165) is 10.6 Å². The third-order valence-electron chi connectivity index (χ3n) is 5.41. The minimum atomic E-state index is -1.11. The molecule has 10 nitrogen and oxygen atoms in total. The molecule has 35 heavy (non-hydrogen) atoms. The van der Waals surface area contributed by atoms with Gasteiger partial charge in [-0.05, 0) is 17.7 Å². The number of ketones is 1. The molecule has 1 aromatic heterocycles. The zero-order chi connectivity index (χ0) is 25.0. The van der Waals surface area contributed by atoms with E-state index in [2.05, 4.69) is 20.6 Å². The van der Waals surface area contributed by atoms with E-state index in [9.17, 15) is 14.4 Å². The topological polar surface area (TPSA) is 119 Å². The maximum absolute atomic E-state index is 13.6. The lowest BCUT2D eigenvalue weighted by Crippen LogP contribution is -2.50. The Hall–Kier alpha value is -4.34. The number of benzodiazepines with no additional fused rings is 1. The molecule has 10 heteroatoms. The summed E-state index contributed by atoms with van der Waals surface area (Å²) in [6.45, 7) is 5.37. The van der Waals surface area contributed by atoms with Gasteiger partial charge in [0.2, 0.25) is 0 Å². The fourth-order valence-electron chi connectivity index (χ4n) is 3.46. The van der Waals surface area contributed by atoms with Gasteiger partial charge in [-0.3, -0.25) is 14.6 Å². The van der Waals surface area contributed by atoms with Crippen molar-refractivity contribution in [2.45, 2.75) is 39.8 Å². The van der Waals surface area contributed by atoms with Crippen LogP contribution in [0.1, 0.15) is 38.3 Å². The molecule has 2 aromatic carbocycles. The fraction of sp³-hybridized carbons (Fsp3) is 0.280. The van der Waals surface area contributed by atoms with Crippen LogP contribution in [0.3, 0.4) is 0 Å². The zero-order valence-electron chi connectivity index (χ0n) is 19.7. The second-order valence-electron chi connectivity index (χ2n) is 9.03. The molecule has 0 saturated carbocycles. The molecular weight excluding hydrogens is 448 g/mol. The molecule has 2 amide bonds. The van der Waals surface area contributed by atoms with Crippen LogP contribution in [-0.4, -0.2) is 44.7 Å². The number of aliphatic imine (C=N–C) groups is 1. The lowest BCUT2D eigenvalue weighted by Gasteiger charge is -2.26. The van der Waals surface area contributed by atoms with Crippen molar-refractivity contribution in [3.05, 3.63) is 78.1 Å². The van der Waals surface area contributed by atoms with E-state index in [0.29, 0.717) is 11.3 Å². The summed E-state index contributed by atoms with van der Waals surface area (Å²) in [6, 6.07) is 15.0. The number of aromatic nitrogens is 3. The molecule has 0 fully saturated rings. The average Bonchev–Trinajstić information content (AvgIpc) is 3.35. The van der Waals surface area contributed by atoms with Crippen LogP contribution in [0.5, 0.6) is 0 Å². The number of amides is 2. The Morgan fingerprint density at radius 2 is 1.66 bits per heavy atom. The van der Waals surface area contributed by atoms with Gasteiger partial charge in [0.05, 0.1) is 18.1 Å². The van der Waals surface area contributed by atoms with E-state index in [1.807, 2.05) is 30.3 Å². The number of hydrogen-bond donors (Lipinski definition) is 1. The molecule has 180 valence electrons. The summed E-state index contributed by atoms with van der Waals surface area (Å²) >= 11 is 0. The standard InChI is InChI=1S/C25H26N6O4/c1-25(2,3)21(32)15-19-23(33)30(29-24(34)35-16-17-9-5-4-6-10-17)20-12-8-7-11-18(20)22(28-19)31-26-13-14-27-31/h4-14,19H,15-16H2,1-3H3,(H,29,34). The second kappa shape index (κ2) is 9.88. The maximum atomic E-state index is 13.6. The zero-order valence-corrected chi connectivity index (χ0v) is 19.7. The van der Waals surface area contributed by atoms with Gasteiger partial charge < -0.3 is 4.74 Å². The summed E-state index contributed by atoms with van der Waals surface area (Å²) in [5.41, 5.74) is 3.52. The van der Waals surface area contributed by atoms with Gasteiger partial charge in [0.15, 0.2) is 5.84 Å². The van der Waals surface area contributed by atoms with E-state index < -0.39 is 23.5 Å². The van der Waals surface area contributed by atoms with Crippen LogP contribution in [-0.2, 0) is 20.9 Å². The third-order valence-corrected chi connectivity index (χ3v) is 5.41. The summed E-state index contributed by atoms with van der Waals surface area (Å²) in [7, 11) is 0. The summed E-state index contributed by atoms with van der Waals surface area (Å²) in [5.74, 6) is -0.439. The molecule has 4 rings (SSSR count). The molecule has 3 aromatic rings. The quantitative estimate of drug-likeness (QED) is 0.607. The predicted octanol–water partition coefficient (Wildman–Crippen LogP) is 3.13.